The summed E-state index contributed by atoms with van der Waals surface area (Å²) in [4.78, 5) is 48.6. The number of nitrogen functional groups attached to an aromatic ring is 1. The van der Waals surface area contributed by atoms with E-state index in [9.17, 15) is 14.4 Å². The molecule has 1 saturated carbocycles. The molecule has 1 fully saturated rings. The fourth-order valence-corrected chi connectivity index (χ4v) is 5.36. The van der Waals surface area contributed by atoms with Crippen LogP contribution in [0.1, 0.15) is 69.2 Å². The average Bonchev–Trinajstić information content (AvgIpc) is 3.30. The summed E-state index contributed by atoms with van der Waals surface area (Å²) in [6, 6.07) is 8.58. The van der Waals surface area contributed by atoms with Crippen molar-refractivity contribution in [3.8, 4) is 0 Å². The van der Waals surface area contributed by atoms with Crippen molar-refractivity contribution < 1.29 is 24.5 Å². The molecule has 0 aliphatic heterocycles. The Kier molecular flexibility index (Phi) is 9.01. The first-order valence-electron chi connectivity index (χ1n) is 13.4. The fourth-order valence-electron chi connectivity index (χ4n) is 4.73. The van der Waals surface area contributed by atoms with Crippen molar-refractivity contribution in [2.24, 2.45) is 0 Å². The van der Waals surface area contributed by atoms with Gasteiger partial charge in [-0.05, 0) is 63.6 Å². The molecule has 2 atom stereocenters. The molecule has 0 radical (unpaired) electrons. The fraction of sp³-hybridized carbons (Fsp3) is 0.379. The first-order chi connectivity index (χ1) is 19.6. The molecule has 0 bridgehead atoms. The molecule has 0 spiro atoms. The number of hydrogen-bond donors (Lipinski definition) is 5. The van der Waals surface area contributed by atoms with E-state index in [4.69, 9.17) is 15.9 Å². The molecule has 41 heavy (non-hydrogen) atoms. The van der Waals surface area contributed by atoms with E-state index in [0.29, 0.717) is 34.4 Å². The first kappa shape index (κ1) is 29.7. The number of amides is 2. The smallest absolute Gasteiger partial charge is 0.334 e. The van der Waals surface area contributed by atoms with Crippen LogP contribution < -0.4 is 27.1 Å². The highest BCUT2D eigenvalue weighted by Crippen LogP contribution is 2.39. The summed E-state index contributed by atoms with van der Waals surface area (Å²) in [5.41, 5.74) is 8.36. The molecule has 1 aromatic carbocycles. The van der Waals surface area contributed by atoms with Crippen LogP contribution in [0.15, 0.2) is 35.7 Å². The Labute approximate surface area is 242 Å². The van der Waals surface area contributed by atoms with Gasteiger partial charge < -0.3 is 26.4 Å². The van der Waals surface area contributed by atoms with Gasteiger partial charge in [-0.3, -0.25) is 15.0 Å². The van der Waals surface area contributed by atoms with E-state index in [1.165, 1.54) is 17.6 Å². The van der Waals surface area contributed by atoms with Gasteiger partial charge in [-0.1, -0.05) is 18.2 Å². The van der Waals surface area contributed by atoms with Crippen LogP contribution >= 0.6 is 11.3 Å². The number of carbonyl (C=O) groups excluding carboxylic acids is 3. The van der Waals surface area contributed by atoms with Crippen LogP contribution in [0.3, 0.4) is 0 Å². The Morgan fingerprint density at radius 3 is 2.54 bits per heavy atom. The van der Waals surface area contributed by atoms with Crippen LogP contribution in [0.25, 0.3) is 0 Å². The van der Waals surface area contributed by atoms with Crippen molar-refractivity contribution in [3.05, 3.63) is 68.7 Å². The SMILES string of the molecule is Cc1nc(NCCCc2cccc(N)c2C=[NH2+])nc(C)c1C(=O)NC1(C(=O)OC(C)C)C[C@H]1NC(=O)c1cccs1. The van der Waals surface area contributed by atoms with Gasteiger partial charge in [0.05, 0.1) is 39.5 Å². The zero-order chi connectivity index (χ0) is 29.7. The topological polar surface area (TPSA) is 174 Å². The van der Waals surface area contributed by atoms with Crippen LogP contribution in [0.4, 0.5) is 11.6 Å². The number of nitrogens with one attached hydrogen (secondary N) is 3. The lowest BCUT2D eigenvalue weighted by Gasteiger charge is -2.21. The molecule has 7 N–H and O–H groups in total. The van der Waals surface area contributed by atoms with Crippen LogP contribution in [0.5, 0.6) is 0 Å². The minimum Gasteiger partial charge on any atom is -0.461 e. The number of benzene rings is 1. The zero-order valence-electron chi connectivity index (χ0n) is 23.6. The normalized spacial score (nSPS) is 17.5. The Balaban J connectivity index is 1.42. The van der Waals surface area contributed by atoms with E-state index < -0.39 is 23.5 Å². The molecule has 2 amide bonds. The van der Waals surface area contributed by atoms with E-state index in [2.05, 4.69) is 25.9 Å². The standard InChI is InChI=1S/C29H35N7O4S/c1-16(2)40-27(39)29(14-23(29)35-25(37)22-11-7-13-41-22)36-26(38)24-17(3)33-28(34-18(24)4)32-12-6-9-19-8-5-10-21(31)20(19)15-30/h5,7-8,10-11,13,15-16,23,30H,6,9,12,14,31H2,1-4H3,(H,35,37)(H,36,38)(H,32,33,34)/p+1/t23-,29?/m1/s1. The van der Waals surface area contributed by atoms with Crippen LogP contribution in [-0.4, -0.2) is 58.2 Å². The summed E-state index contributed by atoms with van der Waals surface area (Å²) in [7, 11) is 0. The Bertz CT molecular complexity index is 1430. The third kappa shape index (κ3) is 6.71. The second kappa shape index (κ2) is 12.5. The molecule has 4 rings (SSSR count). The predicted octanol–water partition coefficient (Wildman–Crippen LogP) is 1.58. The van der Waals surface area contributed by atoms with Crippen molar-refractivity contribution >= 4 is 47.0 Å². The molecule has 3 aromatic rings. The minimum absolute atomic E-state index is 0.219. The number of nitrogens with zero attached hydrogens (tertiary/aromatic N) is 2. The first-order valence-corrected chi connectivity index (χ1v) is 14.3. The number of ether oxygens (including phenoxy) is 1. The van der Waals surface area contributed by atoms with Gasteiger partial charge >= 0.3 is 5.97 Å². The molecule has 0 saturated heterocycles. The van der Waals surface area contributed by atoms with E-state index >= 15 is 0 Å². The zero-order valence-corrected chi connectivity index (χ0v) is 24.4. The van der Waals surface area contributed by atoms with Gasteiger partial charge in [0.15, 0.2) is 11.8 Å². The number of thiophene rings is 1. The van der Waals surface area contributed by atoms with Gasteiger partial charge in [-0.15, -0.1) is 11.3 Å². The highest BCUT2D eigenvalue weighted by molar-refractivity contribution is 7.12. The molecular weight excluding hydrogens is 542 g/mol. The minimum atomic E-state index is -1.37. The maximum atomic E-state index is 13.5. The van der Waals surface area contributed by atoms with Gasteiger partial charge in [0.1, 0.15) is 0 Å². The maximum absolute atomic E-state index is 13.5. The van der Waals surface area contributed by atoms with E-state index in [1.54, 1.807) is 45.2 Å². The highest BCUT2D eigenvalue weighted by Gasteiger charge is 2.64. The average molecular weight is 579 g/mol. The Hall–Kier alpha value is -4.32. The van der Waals surface area contributed by atoms with E-state index in [-0.39, 0.29) is 24.0 Å². The molecule has 1 aliphatic carbocycles. The van der Waals surface area contributed by atoms with Crippen molar-refractivity contribution in [2.75, 3.05) is 17.6 Å². The Morgan fingerprint density at radius 1 is 1.17 bits per heavy atom. The molecule has 1 aliphatic rings. The number of anilines is 2. The summed E-state index contributed by atoms with van der Waals surface area (Å²) in [5.74, 6) is -1.01. The van der Waals surface area contributed by atoms with Crippen molar-refractivity contribution in [1.82, 2.24) is 20.6 Å². The van der Waals surface area contributed by atoms with Crippen LogP contribution in [0.2, 0.25) is 0 Å². The number of aromatic nitrogens is 2. The van der Waals surface area contributed by atoms with E-state index in [0.717, 1.165) is 24.0 Å². The molecule has 216 valence electrons. The number of carbonyl (C=O) groups is 3. The summed E-state index contributed by atoms with van der Waals surface area (Å²) in [6.45, 7) is 7.49. The summed E-state index contributed by atoms with van der Waals surface area (Å²) in [5, 5.41) is 16.4. The molecule has 2 heterocycles. The van der Waals surface area contributed by atoms with E-state index in [1.807, 2.05) is 18.2 Å². The van der Waals surface area contributed by atoms with Crippen LogP contribution in [0, 0.1) is 13.8 Å². The Morgan fingerprint density at radius 2 is 1.90 bits per heavy atom. The van der Waals surface area contributed by atoms with Crippen molar-refractivity contribution in [3.63, 3.8) is 0 Å². The monoisotopic (exact) mass is 578 g/mol. The molecule has 2 aromatic heterocycles. The molecule has 11 nitrogen and oxygen atoms in total. The summed E-state index contributed by atoms with van der Waals surface area (Å²) < 4.78 is 5.44. The lowest BCUT2D eigenvalue weighted by molar-refractivity contribution is -0.151. The van der Waals surface area contributed by atoms with Gasteiger partial charge in [-0.2, -0.15) is 0 Å². The van der Waals surface area contributed by atoms with Crippen LogP contribution in [-0.2, 0) is 16.0 Å². The second-order valence-electron chi connectivity index (χ2n) is 10.3. The number of nitrogens with two attached hydrogens (primary N) is 2. The number of esters is 1. The third-order valence-electron chi connectivity index (χ3n) is 6.86. The van der Waals surface area contributed by atoms with Crippen molar-refractivity contribution in [2.45, 2.75) is 64.6 Å². The summed E-state index contributed by atoms with van der Waals surface area (Å²) in [6.07, 6.45) is 2.90. The van der Waals surface area contributed by atoms with Gasteiger partial charge in [-0.25, -0.2) is 14.8 Å². The predicted molar refractivity (Wildman–Crippen MR) is 158 cm³/mol. The lowest BCUT2D eigenvalue weighted by Crippen LogP contribution is -2.51. The maximum Gasteiger partial charge on any atom is 0.334 e. The molecule has 1 unspecified atom stereocenters. The quantitative estimate of drug-likeness (QED) is 0.0932. The van der Waals surface area contributed by atoms with Gasteiger partial charge in [0.25, 0.3) is 11.8 Å². The number of aryl methyl sites for hydroxylation is 3. The van der Waals surface area contributed by atoms with Gasteiger partial charge in [0.2, 0.25) is 5.95 Å². The highest BCUT2D eigenvalue weighted by atomic mass is 32.1. The largest absolute Gasteiger partial charge is 0.461 e. The molecule has 12 heteroatoms. The number of hydrogen-bond acceptors (Lipinski definition) is 9. The van der Waals surface area contributed by atoms with Gasteiger partial charge in [0, 0.05) is 18.7 Å². The molecular formula is C29H36N7O4S+. The third-order valence-corrected chi connectivity index (χ3v) is 7.72. The van der Waals surface area contributed by atoms with Crippen molar-refractivity contribution in [1.29, 1.82) is 0 Å². The second-order valence-corrected chi connectivity index (χ2v) is 11.2. The number of rotatable bonds is 12. The summed E-state index contributed by atoms with van der Waals surface area (Å²) >= 11 is 1.29. The lowest BCUT2D eigenvalue weighted by atomic mass is 10.0.